The molecule has 2 N–H and O–H groups in total. The minimum Gasteiger partial charge on any atom is -0.352 e. The van der Waals surface area contributed by atoms with E-state index in [9.17, 15) is 4.79 Å². The summed E-state index contributed by atoms with van der Waals surface area (Å²) in [5.74, 6) is 0.527. The van der Waals surface area contributed by atoms with Crippen LogP contribution in [0.4, 0.5) is 0 Å². The molecular formula is C18H21N3O. The van der Waals surface area contributed by atoms with Gasteiger partial charge in [-0.2, -0.15) is 0 Å². The fourth-order valence-corrected chi connectivity index (χ4v) is 3.88. The van der Waals surface area contributed by atoms with E-state index in [4.69, 9.17) is 0 Å². The van der Waals surface area contributed by atoms with E-state index in [2.05, 4.69) is 39.6 Å². The van der Waals surface area contributed by atoms with Crippen LogP contribution in [0.5, 0.6) is 0 Å². The molecule has 0 saturated heterocycles. The van der Waals surface area contributed by atoms with Gasteiger partial charge >= 0.3 is 0 Å². The Bertz CT molecular complexity index is 654. The molecule has 1 atom stereocenters. The molecule has 1 spiro atoms. The number of hydrogen-bond donors (Lipinski definition) is 2. The van der Waals surface area contributed by atoms with Crippen molar-refractivity contribution in [3.63, 3.8) is 0 Å². The Hall–Kier alpha value is -2.10. The Morgan fingerprint density at radius 2 is 2.05 bits per heavy atom. The lowest BCUT2D eigenvalue weighted by molar-refractivity contribution is -0.123. The maximum atomic E-state index is 12.3. The van der Waals surface area contributed by atoms with Crippen molar-refractivity contribution >= 4 is 5.91 Å². The van der Waals surface area contributed by atoms with Crippen LogP contribution < -0.4 is 5.32 Å². The summed E-state index contributed by atoms with van der Waals surface area (Å²) in [5.41, 5.74) is 3.64. The van der Waals surface area contributed by atoms with Crippen molar-refractivity contribution in [2.24, 2.45) is 11.3 Å². The first-order chi connectivity index (χ1) is 10.8. The molecule has 2 fully saturated rings. The number of amides is 1. The molecular weight excluding hydrogens is 274 g/mol. The van der Waals surface area contributed by atoms with Crippen molar-refractivity contribution in [1.82, 2.24) is 15.3 Å². The number of benzene rings is 1. The summed E-state index contributed by atoms with van der Waals surface area (Å²) in [4.78, 5) is 19.4. The molecule has 1 aromatic heterocycles. The van der Waals surface area contributed by atoms with Gasteiger partial charge in [-0.25, -0.2) is 4.98 Å². The molecule has 4 heteroatoms. The molecule has 4 rings (SSSR count). The summed E-state index contributed by atoms with van der Waals surface area (Å²) in [7, 11) is 0. The van der Waals surface area contributed by atoms with E-state index in [0.717, 1.165) is 23.2 Å². The van der Waals surface area contributed by atoms with Gasteiger partial charge in [0.2, 0.25) is 5.91 Å². The number of H-pyrrole nitrogens is 1. The number of aromatic amines is 1. The lowest BCUT2D eigenvalue weighted by atomic mass is 10.0. The summed E-state index contributed by atoms with van der Waals surface area (Å²) < 4.78 is 0. The van der Waals surface area contributed by atoms with Crippen LogP contribution in [0.1, 0.15) is 37.7 Å². The molecule has 1 unspecified atom stereocenters. The van der Waals surface area contributed by atoms with E-state index >= 15 is 0 Å². The highest BCUT2D eigenvalue weighted by molar-refractivity contribution is 5.82. The van der Waals surface area contributed by atoms with E-state index in [1.54, 1.807) is 6.33 Å². The van der Waals surface area contributed by atoms with E-state index < -0.39 is 0 Å². The van der Waals surface area contributed by atoms with Crippen molar-refractivity contribution in [2.75, 3.05) is 0 Å². The molecule has 1 aromatic carbocycles. The number of hydrogen-bond acceptors (Lipinski definition) is 2. The van der Waals surface area contributed by atoms with Crippen LogP contribution in [0.25, 0.3) is 11.3 Å². The summed E-state index contributed by atoms with van der Waals surface area (Å²) in [6.07, 6.45) is 9.71. The number of aromatic nitrogens is 2. The Kier molecular flexibility index (Phi) is 3.25. The normalized spacial score (nSPS) is 21.9. The number of rotatable bonds is 4. The molecule has 1 amide bonds. The van der Waals surface area contributed by atoms with Gasteiger partial charge < -0.3 is 10.3 Å². The number of carbonyl (C=O) groups is 1. The first kappa shape index (κ1) is 13.6. The van der Waals surface area contributed by atoms with Crippen LogP contribution in [0, 0.1) is 11.3 Å². The second-order valence-corrected chi connectivity index (χ2v) is 6.71. The van der Waals surface area contributed by atoms with E-state index in [1.807, 2.05) is 6.20 Å². The SMILES string of the molecule is O=C(NCc1ccc(-c2cnc[nH]2)cc1)C1CC12CCCC2. The Morgan fingerprint density at radius 3 is 2.73 bits per heavy atom. The standard InChI is InChI=1S/C18H21N3O/c22-17(15-9-18(15)7-1-2-8-18)20-10-13-3-5-14(6-4-13)16-11-19-12-21-16/h3-6,11-12,15H,1-2,7-10H2,(H,19,21)(H,20,22). The monoisotopic (exact) mass is 295 g/mol. The summed E-state index contributed by atoms with van der Waals surface area (Å²) >= 11 is 0. The third-order valence-electron chi connectivity index (χ3n) is 5.34. The lowest BCUT2D eigenvalue weighted by Crippen LogP contribution is -2.26. The zero-order valence-corrected chi connectivity index (χ0v) is 12.6. The molecule has 1 heterocycles. The molecule has 4 nitrogen and oxygen atoms in total. The maximum Gasteiger partial charge on any atom is 0.223 e. The van der Waals surface area contributed by atoms with Crippen LogP contribution in [-0.2, 0) is 11.3 Å². The van der Waals surface area contributed by atoms with Gasteiger partial charge in [0.25, 0.3) is 0 Å². The average Bonchev–Trinajstić information content (AvgIpc) is 2.93. The molecule has 0 bridgehead atoms. The van der Waals surface area contributed by atoms with E-state index in [-0.39, 0.29) is 11.8 Å². The minimum absolute atomic E-state index is 0.250. The predicted molar refractivity (Wildman–Crippen MR) is 84.9 cm³/mol. The second kappa shape index (κ2) is 5.27. The summed E-state index contributed by atoms with van der Waals surface area (Å²) in [6, 6.07) is 8.25. The Morgan fingerprint density at radius 1 is 1.27 bits per heavy atom. The first-order valence-corrected chi connectivity index (χ1v) is 8.12. The third kappa shape index (κ3) is 2.43. The third-order valence-corrected chi connectivity index (χ3v) is 5.34. The highest BCUT2D eigenvalue weighted by Crippen LogP contribution is 2.62. The van der Waals surface area contributed by atoms with Gasteiger partial charge in [-0.3, -0.25) is 4.79 Å². The molecule has 0 radical (unpaired) electrons. The molecule has 2 aliphatic carbocycles. The number of carbonyl (C=O) groups excluding carboxylic acids is 1. The van der Waals surface area contributed by atoms with Gasteiger partial charge in [0.1, 0.15) is 0 Å². The lowest BCUT2D eigenvalue weighted by Gasteiger charge is -2.09. The quantitative estimate of drug-likeness (QED) is 0.909. The predicted octanol–water partition coefficient (Wildman–Crippen LogP) is 3.27. The molecule has 114 valence electrons. The molecule has 2 aliphatic rings. The zero-order chi connectivity index (χ0) is 15.0. The van der Waals surface area contributed by atoms with E-state index in [0.29, 0.717) is 12.0 Å². The number of nitrogens with one attached hydrogen (secondary N) is 2. The van der Waals surface area contributed by atoms with Crippen molar-refractivity contribution in [3.8, 4) is 11.3 Å². The van der Waals surface area contributed by atoms with Gasteiger partial charge in [0, 0.05) is 12.5 Å². The fraction of sp³-hybridized carbons (Fsp3) is 0.444. The Balaban J connectivity index is 1.33. The highest BCUT2D eigenvalue weighted by Gasteiger charge is 2.58. The molecule has 0 aliphatic heterocycles. The summed E-state index contributed by atoms with van der Waals surface area (Å²) in [5, 5.41) is 3.11. The van der Waals surface area contributed by atoms with E-state index in [1.165, 1.54) is 25.7 Å². The van der Waals surface area contributed by atoms with Crippen LogP contribution in [0.3, 0.4) is 0 Å². The van der Waals surface area contributed by atoms with Crippen molar-refractivity contribution in [3.05, 3.63) is 42.4 Å². The highest BCUT2D eigenvalue weighted by atomic mass is 16.2. The average molecular weight is 295 g/mol. The fourth-order valence-electron chi connectivity index (χ4n) is 3.88. The smallest absolute Gasteiger partial charge is 0.223 e. The van der Waals surface area contributed by atoms with Gasteiger partial charge in [0.05, 0.1) is 18.2 Å². The van der Waals surface area contributed by atoms with Gasteiger partial charge in [0.15, 0.2) is 0 Å². The van der Waals surface area contributed by atoms with Gasteiger partial charge in [-0.05, 0) is 35.8 Å². The van der Waals surface area contributed by atoms with Crippen LogP contribution in [0.15, 0.2) is 36.8 Å². The first-order valence-electron chi connectivity index (χ1n) is 8.12. The van der Waals surface area contributed by atoms with Crippen LogP contribution >= 0.6 is 0 Å². The van der Waals surface area contributed by atoms with Crippen molar-refractivity contribution in [2.45, 2.75) is 38.6 Å². The number of imidazole rings is 1. The van der Waals surface area contributed by atoms with Crippen molar-refractivity contribution in [1.29, 1.82) is 0 Å². The maximum absolute atomic E-state index is 12.3. The summed E-state index contributed by atoms with van der Waals surface area (Å²) in [6.45, 7) is 0.620. The molecule has 22 heavy (non-hydrogen) atoms. The number of nitrogens with zero attached hydrogens (tertiary/aromatic N) is 1. The Labute approximate surface area is 130 Å². The van der Waals surface area contributed by atoms with Gasteiger partial charge in [-0.1, -0.05) is 37.1 Å². The van der Waals surface area contributed by atoms with Crippen LogP contribution in [0.2, 0.25) is 0 Å². The second-order valence-electron chi connectivity index (χ2n) is 6.71. The van der Waals surface area contributed by atoms with Gasteiger partial charge in [-0.15, -0.1) is 0 Å². The topological polar surface area (TPSA) is 57.8 Å². The molecule has 2 saturated carbocycles. The minimum atomic E-state index is 0.250. The molecule has 2 aromatic rings. The van der Waals surface area contributed by atoms with Crippen molar-refractivity contribution < 1.29 is 4.79 Å². The largest absolute Gasteiger partial charge is 0.352 e. The zero-order valence-electron chi connectivity index (χ0n) is 12.6. The van der Waals surface area contributed by atoms with Crippen LogP contribution in [-0.4, -0.2) is 15.9 Å².